The third-order valence-electron chi connectivity index (χ3n) is 3.00. The van der Waals surface area contributed by atoms with Crippen molar-refractivity contribution in [2.24, 2.45) is 0 Å². The monoisotopic (exact) mass is 328 g/mol. The molecule has 2 rings (SSSR count). The normalized spacial score (nSPS) is 11.3. The summed E-state index contributed by atoms with van der Waals surface area (Å²) < 4.78 is 24.1. The van der Waals surface area contributed by atoms with E-state index in [2.05, 4.69) is 0 Å². The van der Waals surface area contributed by atoms with Crippen LogP contribution in [0.15, 0.2) is 53.9 Å². The molecule has 7 heteroatoms. The van der Waals surface area contributed by atoms with E-state index in [0.29, 0.717) is 16.7 Å². The van der Waals surface area contributed by atoms with Crippen LogP contribution >= 0.6 is 0 Å². The fraction of sp³-hybridized carbons (Fsp3) is 0.0625. The van der Waals surface area contributed by atoms with Crippen LogP contribution in [0, 0.1) is 21.4 Å². The zero-order chi connectivity index (χ0) is 16.9. The number of hydrogen-bond donors (Lipinski definition) is 0. The van der Waals surface area contributed by atoms with Crippen LogP contribution in [0.5, 0.6) is 0 Å². The van der Waals surface area contributed by atoms with Gasteiger partial charge in [-0.05, 0) is 29.3 Å². The summed E-state index contributed by atoms with van der Waals surface area (Å²) in [7, 11) is -3.52. The Labute approximate surface area is 133 Å². The molecular formula is C16H12N2O4S. The highest BCUT2D eigenvalue weighted by molar-refractivity contribution is 7.93. The second-order valence-electron chi connectivity index (χ2n) is 4.77. The summed E-state index contributed by atoms with van der Waals surface area (Å²) in [4.78, 5) is 10.1. The first kappa shape index (κ1) is 16.4. The number of rotatable bonds is 5. The Kier molecular flexibility index (Phi) is 4.88. The Balaban J connectivity index is 2.15. The van der Waals surface area contributed by atoms with E-state index >= 15 is 0 Å². The van der Waals surface area contributed by atoms with Gasteiger partial charge in [-0.25, -0.2) is 8.42 Å². The summed E-state index contributed by atoms with van der Waals surface area (Å²) in [6.45, 7) is 0. The Bertz CT molecular complexity index is 894. The van der Waals surface area contributed by atoms with Gasteiger partial charge in [0.1, 0.15) is 0 Å². The first-order valence-corrected chi connectivity index (χ1v) is 8.25. The average Bonchev–Trinajstić information content (AvgIpc) is 2.54. The molecule has 0 aliphatic rings. The lowest BCUT2D eigenvalue weighted by molar-refractivity contribution is -0.384. The smallest absolute Gasteiger partial charge is 0.258 e. The Morgan fingerprint density at radius 3 is 2.48 bits per heavy atom. The fourth-order valence-electron chi connectivity index (χ4n) is 1.88. The van der Waals surface area contributed by atoms with E-state index in [-0.39, 0.29) is 11.4 Å². The number of non-ortho nitro benzene ring substituents is 1. The first-order valence-electron chi connectivity index (χ1n) is 6.54. The van der Waals surface area contributed by atoms with Crippen molar-refractivity contribution in [2.75, 3.05) is 0 Å². The van der Waals surface area contributed by atoms with Crippen molar-refractivity contribution in [2.45, 2.75) is 5.75 Å². The molecule has 0 aliphatic heterocycles. The van der Waals surface area contributed by atoms with Crippen LogP contribution in [-0.2, 0) is 15.6 Å². The maximum absolute atomic E-state index is 12.1. The minimum Gasteiger partial charge on any atom is -0.258 e. The van der Waals surface area contributed by atoms with Crippen LogP contribution in [0.4, 0.5) is 5.69 Å². The average molecular weight is 328 g/mol. The number of nitrogens with zero attached hydrogens (tertiary/aromatic N) is 2. The minimum atomic E-state index is -3.52. The van der Waals surface area contributed by atoms with Crippen LogP contribution < -0.4 is 0 Å². The van der Waals surface area contributed by atoms with Gasteiger partial charge in [0.05, 0.1) is 22.3 Å². The molecule has 116 valence electrons. The molecule has 6 nitrogen and oxygen atoms in total. The zero-order valence-corrected chi connectivity index (χ0v) is 12.7. The van der Waals surface area contributed by atoms with Gasteiger partial charge in [-0.15, -0.1) is 0 Å². The summed E-state index contributed by atoms with van der Waals surface area (Å²) in [6, 6.07) is 13.9. The lowest BCUT2D eigenvalue weighted by Crippen LogP contribution is -2.00. The molecule has 0 bridgehead atoms. The first-order chi connectivity index (χ1) is 10.9. The van der Waals surface area contributed by atoms with Gasteiger partial charge in [0, 0.05) is 17.5 Å². The van der Waals surface area contributed by atoms with Gasteiger partial charge < -0.3 is 0 Å². The van der Waals surface area contributed by atoms with Gasteiger partial charge >= 0.3 is 0 Å². The molecule has 0 amide bonds. The van der Waals surface area contributed by atoms with Gasteiger partial charge in [0.2, 0.25) is 0 Å². The van der Waals surface area contributed by atoms with E-state index < -0.39 is 14.8 Å². The predicted octanol–water partition coefficient (Wildman–Crippen LogP) is 3.05. The SMILES string of the molecule is N#Cc1ccc(CS(=O)(=O)/C=C/c2cccc([N+](=O)[O-])c2)cc1. The van der Waals surface area contributed by atoms with Gasteiger partial charge in [-0.3, -0.25) is 10.1 Å². The van der Waals surface area contributed by atoms with E-state index in [1.165, 1.54) is 24.3 Å². The molecule has 0 radical (unpaired) electrons. The van der Waals surface area contributed by atoms with Gasteiger partial charge in [-0.2, -0.15) is 5.26 Å². The number of hydrogen-bond acceptors (Lipinski definition) is 5. The molecule has 0 aliphatic carbocycles. The van der Waals surface area contributed by atoms with Gasteiger partial charge in [0.15, 0.2) is 9.84 Å². The van der Waals surface area contributed by atoms with E-state index in [4.69, 9.17) is 5.26 Å². The Hall–Kier alpha value is -2.98. The molecule has 23 heavy (non-hydrogen) atoms. The molecule has 2 aromatic carbocycles. The molecule has 2 aromatic rings. The van der Waals surface area contributed by atoms with Crippen molar-refractivity contribution in [1.82, 2.24) is 0 Å². The van der Waals surface area contributed by atoms with Crippen molar-refractivity contribution >= 4 is 21.6 Å². The molecule has 0 unspecified atom stereocenters. The summed E-state index contributed by atoms with van der Waals surface area (Å²) in [6.07, 6.45) is 1.33. The standard InChI is InChI=1S/C16H12N2O4S/c17-11-14-4-6-15(7-5-14)12-23(21,22)9-8-13-2-1-3-16(10-13)18(19)20/h1-10H,12H2/b9-8+. The third kappa shape index (κ3) is 4.76. The topological polar surface area (TPSA) is 101 Å². The molecule has 0 heterocycles. The fourth-order valence-corrected chi connectivity index (χ4v) is 3.00. The number of nitriles is 1. The molecule has 0 saturated heterocycles. The number of nitro benzene ring substituents is 1. The van der Waals surface area contributed by atoms with Crippen LogP contribution in [-0.4, -0.2) is 13.3 Å². The second kappa shape index (κ2) is 6.85. The summed E-state index contributed by atoms with van der Waals surface area (Å²) in [5.74, 6) is -0.204. The lowest BCUT2D eigenvalue weighted by Gasteiger charge is -2.00. The van der Waals surface area contributed by atoms with E-state index in [1.54, 1.807) is 30.3 Å². The Morgan fingerprint density at radius 1 is 1.17 bits per heavy atom. The third-order valence-corrected chi connectivity index (χ3v) is 4.29. The molecule has 0 N–H and O–H groups in total. The van der Waals surface area contributed by atoms with Crippen LogP contribution in [0.3, 0.4) is 0 Å². The van der Waals surface area contributed by atoms with Crippen molar-refractivity contribution in [3.8, 4) is 6.07 Å². The molecule has 0 aromatic heterocycles. The highest BCUT2D eigenvalue weighted by Gasteiger charge is 2.09. The molecule has 0 saturated carbocycles. The highest BCUT2D eigenvalue weighted by Crippen LogP contribution is 2.16. The van der Waals surface area contributed by atoms with Gasteiger partial charge in [0.25, 0.3) is 5.69 Å². The number of sulfone groups is 1. The summed E-state index contributed by atoms with van der Waals surface area (Å²) in [5, 5.41) is 20.4. The number of nitro groups is 1. The largest absolute Gasteiger partial charge is 0.270 e. The molecular weight excluding hydrogens is 316 g/mol. The molecule has 0 fully saturated rings. The van der Waals surface area contributed by atoms with Crippen molar-refractivity contribution in [3.05, 3.63) is 80.7 Å². The van der Waals surface area contributed by atoms with Crippen LogP contribution in [0.2, 0.25) is 0 Å². The summed E-state index contributed by atoms with van der Waals surface area (Å²) in [5.41, 5.74) is 1.35. The number of benzene rings is 2. The molecule has 0 spiro atoms. The molecule has 0 atom stereocenters. The maximum atomic E-state index is 12.1. The lowest BCUT2D eigenvalue weighted by atomic mass is 10.2. The zero-order valence-electron chi connectivity index (χ0n) is 11.9. The van der Waals surface area contributed by atoms with E-state index in [0.717, 1.165) is 5.41 Å². The van der Waals surface area contributed by atoms with Gasteiger partial charge in [-0.1, -0.05) is 24.3 Å². The quantitative estimate of drug-likeness (QED) is 0.620. The van der Waals surface area contributed by atoms with Crippen LogP contribution in [0.25, 0.3) is 6.08 Å². The second-order valence-corrected chi connectivity index (χ2v) is 6.66. The highest BCUT2D eigenvalue weighted by atomic mass is 32.2. The van der Waals surface area contributed by atoms with Crippen molar-refractivity contribution in [1.29, 1.82) is 5.26 Å². The van der Waals surface area contributed by atoms with E-state index in [1.807, 2.05) is 6.07 Å². The Morgan fingerprint density at radius 2 is 1.87 bits per heavy atom. The van der Waals surface area contributed by atoms with Crippen molar-refractivity contribution < 1.29 is 13.3 Å². The summed E-state index contributed by atoms with van der Waals surface area (Å²) >= 11 is 0. The maximum Gasteiger partial charge on any atom is 0.270 e. The predicted molar refractivity (Wildman–Crippen MR) is 85.9 cm³/mol. The minimum absolute atomic E-state index is 0.100. The van der Waals surface area contributed by atoms with Crippen LogP contribution in [0.1, 0.15) is 16.7 Å². The van der Waals surface area contributed by atoms with Crippen molar-refractivity contribution in [3.63, 3.8) is 0 Å². The van der Waals surface area contributed by atoms with E-state index in [9.17, 15) is 18.5 Å².